The van der Waals surface area contributed by atoms with Crippen molar-refractivity contribution in [3.63, 3.8) is 0 Å². The number of nitrogens with one attached hydrogen (secondary N) is 2. The Morgan fingerprint density at radius 2 is 1.92 bits per heavy atom. The number of likely N-dealkylation sites (tertiary alicyclic amines) is 1. The standard InChI is InChI=1S/C20H34N4O/c1-17-9-10-18(15-19(17)25-3)16-23-20(21-2)22-11-8-14-24-12-6-4-5-7-13-24/h9-10,15H,4-8,11-14,16H2,1-3H3,(H2,21,22,23). The molecular weight excluding hydrogens is 312 g/mol. The van der Waals surface area contributed by atoms with Crippen LogP contribution < -0.4 is 15.4 Å². The van der Waals surface area contributed by atoms with Crippen LogP contribution in [0.1, 0.15) is 43.2 Å². The van der Waals surface area contributed by atoms with Crippen molar-refractivity contribution in [1.29, 1.82) is 0 Å². The minimum Gasteiger partial charge on any atom is -0.496 e. The molecule has 0 radical (unpaired) electrons. The number of aryl methyl sites for hydroxylation is 1. The van der Waals surface area contributed by atoms with Gasteiger partial charge in [0, 0.05) is 20.1 Å². The number of guanidine groups is 1. The molecule has 140 valence electrons. The lowest BCUT2D eigenvalue weighted by atomic mass is 10.1. The zero-order valence-corrected chi connectivity index (χ0v) is 16.1. The van der Waals surface area contributed by atoms with Gasteiger partial charge >= 0.3 is 0 Å². The van der Waals surface area contributed by atoms with Crippen molar-refractivity contribution in [2.75, 3.05) is 40.3 Å². The number of hydrogen-bond donors (Lipinski definition) is 2. The van der Waals surface area contributed by atoms with E-state index in [0.717, 1.165) is 36.8 Å². The highest BCUT2D eigenvalue weighted by Crippen LogP contribution is 2.18. The highest BCUT2D eigenvalue weighted by molar-refractivity contribution is 5.79. The van der Waals surface area contributed by atoms with Gasteiger partial charge in [-0.05, 0) is 63.0 Å². The Morgan fingerprint density at radius 3 is 2.60 bits per heavy atom. The summed E-state index contributed by atoms with van der Waals surface area (Å²) in [5, 5.41) is 6.79. The van der Waals surface area contributed by atoms with Gasteiger partial charge in [-0.25, -0.2) is 0 Å². The van der Waals surface area contributed by atoms with E-state index >= 15 is 0 Å². The topological polar surface area (TPSA) is 48.9 Å². The molecule has 25 heavy (non-hydrogen) atoms. The molecule has 1 aromatic rings. The minimum absolute atomic E-state index is 0.739. The van der Waals surface area contributed by atoms with E-state index in [9.17, 15) is 0 Å². The Balaban J connectivity index is 1.68. The van der Waals surface area contributed by atoms with Crippen LogP contribution in [0, 0.1) is 6.92 Å². The van der Waals surface area contributed by atoms with E-state index in [-0.39, 0.29) is 0 Å². The third kappa shape index (κ3) is 6.94. The molecule has 0 spiro atoms. The normalized spacial score (nSPS) is 16.4. The molecule has 5 nitrogen and oxygen atoms in total. The van der Waals surface area contributed by atoms with Gasteiger partial charge in [-0.3, -0.25) is 4.99 Å². The molecule has 1 aliphatic rings. The van der Waals surface area contributed by atoms with Crippen LogP contribution in [0.5, 0.6) is 5.75 Å². The van der Waals surface area contributed by atoms with Crippen LogP contribution in [-0.2, 0) is 6.54 Å². The van der Waals surface area contributed by atoms with E-state index in [2.05, 4.69) is 45.6 Å². The third-order valence-corrected chi connectivity index (χ3v) is 4.80. The van der Waals surface area contributed by atoms with Crippen LogP contribution in [0.3, 0.4) is 0 Å². The Hall–Kier alpha value is -1.75. The fraction of sp³-hybridized carbons (Fsp3) is 0.650. The summed E-state index contributed by atoms with van der Waals surface area (Å²) in [5.41, 5.74) is 2.34. The SMILES string of the molecule is CN=C(NCCCN1CCCCCC1)NCc1ccc(C)c(OC)c1. The quantitative estimate of drug-likeness (QED) is 0.453. The maximum atomic E-state index is 5.39. The average molecular weight is 347 g/mol. The van der Waals surface area contributed by atoms with Crippen molar-refractivity contribution < 1.29 is 4.74 Å². The molecule has 0 amide bonds. The smallest absolute Gasteiger partial charge is 0.191 e. The average Bonchev–Trinajstić information content (AvgIpc) is 2.91. The maximum Gasteiger partial charge on any atom is 0.191 e. The summed E-state index contributed by atoms with van der Waals surface area (Å²) in [4.78, 5) is 6.91. The molecule has 0 saturated carbocycles. The molecule has 1 heterocycles. The molecule has 5 heteroatoms. The van der Waals surface area contributed by atoms with Crippen LogP contribution in [0.25, 0.3) is 0 Å². The number of hydrogen-bond acceptors (Lipinski definition) is 3. The second-order valence-corrected chi connectivity index (χ2v) is 6.77. The van der Waals surface area contributed by atoms with Gasteiger partial charge in [0.1, 0.15) is 5.75 Å². The van der Waals surface area contributed by atoms with Crippen molar-refractivity contribution in [3.05, 3.63) is 29.3 Å². The summed E-state index contributed by atoms with van der Waals surface area (Å²) in [6, 6.07) is 6.29. The Bertz CT molecular complexity index is 536. The largest absolute Gasteiger partial charge is 0.496 e. The fourth-order valence-corrected chi connectivity index (χ4v) is 3.25. The lowest BCUT2D eigenvalue weighted by molar-refractivity contribution is 0.282. The van der Waals surface area contributed by atoms with Gasteiger partial charge in [-0.2, -0.15) is 0 Å². The summed E-state index contributed by atoms with van der Waals surface area (Å²) < 4.78 is 5.39. The van der Waals surface area contributed by atoms with Gasteiger partial charge in [0.05, 0.1) is 7.11 Å². The molecule has 0 atom stereocenters. The lowest BCUT2D eigenvalue weighted by Crippen LogP contribution is -2.38. The summed E-state index contributed by atoms with van der Waals surface area (Å²) >= 11 is 0. The number of benzene rings is 1. The van der Waals surface area contributed by atoms with Crippen LogP contribution in [-0.4, -0.2) is 51.2 Å². The van der Waals surface area contributed by atoms with Gasteiger partial charge < -0.3 is 20.3 Å². The highest BCUT2D eigenvalue weighted by atomic mass is 16.5. The monoisotopic (exact) mass is 346 g/mol. The van der Waals surface area contributed by atoms with Crippen molar-refractivity contribution in [2.45, 2.75) is 45.6 Å². The fourth-order valence-electron chi connectivity index (χ4n) is 3.25. The maximum absolute atomic E-state index is 5.39. The first-order valence-corrected chi connectivity index (χ1v) is 9.53. The van der Waals surface area contributed by atoms with Gasteiger partial charge in [-0.1, -0.05) is 25.0 Å². The molecule has 1 aliphatic heterocycles. The number of methoxy groups -OCH3 is 1. The summed E-state index contributed by atoms with van der Waals surface area (Å²) in [6.45, 7) is 7.46. The molecule has 0 aromatic heterocycles. The van der Waals surface area contributed by atoms with E-state index < -0.39 is 0 Å². The van der Waals surface area contributed by atoms with E-state index in [4.69, 9.17) is 4.74 Å². The number of nitrogens with zero attached hydrogens (tertiary/aromatic N) is 2. The summed E-state index contributed by atoms with van der Waals surface area (Å²) in [5.74, 6) is 1.79. The zero-order valence-electron chi connectivity index (χ0n) is 16.1. The second kappa shape index (κ2) is 11.0. The van der Waals surface area contributed by atoms with Crippen molar-refractivity contribution in [1.82, 2.24) is 15.5 Å². The van der Waals surface area contributed by atoms with E-state index in [1.165, 1.54) is 50.9 Å². The van der Waals surface area contributed by atoms with Crippen molar-refractivity contribution in [3.8, 4) is 5.75 Å². The predicted molar refractivity (Wildman–Crippen MR) is 105 cm³/mol. The van der Waals surface area contributed by atoms with Crippen molar-refractivity contribution in [2.24, 2.45) is 4.99 Å². The van der Waals surface area contributed by atoms with Crippen LogP contribution in [0.2, 0.25) is 0 Å². The molecule has 2 N–H and O–H groups in total. The second-order valence-electron chi connectivity index (χ2n) is 6.77. The molecule has 1 aromatic carbocycles. The van der Waals surface area contributed by atoms with Gasteiger partial charge in [0.2, 0.25) is 0 Å². The minimum atomic E-state index is 0.739. The molecule has 1 saturated heterocycles. The van der Waals surface area contributed by atoms with E-state index in [1.54, 1.807) is 7.11 Å². The van der Waals surface area contributed by atoms with Crippen LogP contribution in [0.4, 0.5) is 0 Å². The summed E-state index contributed by atoms with van der Waals surface area (Å²) in [7, 11) is 3.53. The van der Waals surface area contributed by atoms with Gasteiger partial charge in [-0.15, -0.1) is 0 Å². The van der Waals surface area contributed by atoms with E-state index in [1.807, 2.05) is 7.05 Å². The zero-order chi connectivity index (χ0) is 17.9. The lowest BCUT2D eigenvalue weighted by Gasteiger charge is -2.20. The molecule has 0 aliphatic carbocycles. The van der Waals surface area contributed by atoms with Crippen molar-refractivity contribution >= 4 is 5.96 Å². The molecule has 1 fully saturated rings. The molecule has 0 unspecified atom stereocenters. The first-order chi connectivity index (χ1) is 12.2. The number of rotatable bonds is 7. The Kier molecular flexibility index (Phi) is 8.60. The Morgan fingerprint density at radius 1 is 1.16 bits per heavy atom. The Labute approximate surface area is 152 Å². The third-order valence-electron chi connectivity index (χ3n) is 4.80. The molecule has 2 rings (SSSR count). The summed E-state index contributed by atoms with van der Waals surface area (Å²) in [6.07, 6.45) is 6.66. The van der Waals surface area contributed by atoms with E-state index in [0.29, 0.717) is 0 Å². The first kappa shape index (κ1) is 19.6. The number of ether oxygens (including phenoxy) is 1. The highest BCUT2D eigenvalue weighted by Gasteiger charge is 2.08. The van der Waals surface area contributed by atoms with Gasteiger partial charge in [0.15, 0.2) is 5.96 Å². The molecular formula is C20H34N4O. The van der Waals surface area contributed by atoms with Gasteiger partial charge in [0.25, 0.3) is 0 Å². The number of aliphatic imine (C=N–C) groups is 1. The van der Waals surface area contributed by atoms with Crippen LogP contribution in [0.15, 0.2) is 23.2 Å². The first-order valence-electron chi connectivity index (χ1n) is 9.53. The van der Waals surface area contributed by atoms with Crippen LogP contribution >= 0.6 is 0 Å². The molecule has 0 bridgehead atoms. The predicted octanol–water partition coefficient (Wildman–Crippen LogP) is 2.93.